The fourth-order valence-corrected chi connectivity index (χ4v) is 1.65. The zero-order valence-electron chi connectivity index (χ0n) is 9.54. The maximum atomic E-state index is 5.36. The van der Waals surface area contributed by atoms with E-state index >= 15 is 0 Å². The van der Waals surface area contributed by atoms with Crippen molar-refractivity contribution in [1.29, 1.82) is 0 Å². The van der Waals surface area contributed by atoms with Gasteiger partial charge in [0.2, 0.25) is 0 Å². The van der Waals surface area contributed by atoms with Gasteiger partial charge >= 0.3 is 0 Å². The monoisotopic (exact) mass is 287 g/mol. The molecular formula is C12H18BrNO2. The van der Waals surface area contributed by atoms with Crippen LogP contribution in [0.3, 0.4) is 0 Å². The molecule has 0 amide bonds. The molecule has 0 heterocycles. The number of halogens is 1. The van der Waals surface area contributed by atoms with Gasteiger partial charge in [0.1, 0.15) is 0 Å². The first-order valence-corrected chi connectivity index (χ1v) is 6.18. The average Bonchev–Trinajstić information content (AvgIpc) is 2.28. The highest BCUT2D eigenvalue weighted by Crippen LogP contribution is 2.15. The van der Waals surface area contributed by atoms with E-state index in [2.05, 4.69) is 33.4 Å². The Morgan fingerprint density at radius 2 is 2.12 bits per heavy atom. The Kier molecular flexibility index (Phi) is 7.21. The highest BCUT2D eigenvalue weighted by atomic mass is 79.9. The van der Waals surface area contributed by atoms with Gasteiger partial charge in [-0.2, -0.15) is 0 Å². The van der Waals surface area contributed by atoms with E-state index in [9.17, 15) is 0 Å². The lowest BCUT2D eigenvalue weighted by Gasteiger charge is -2.07. The SMILES string of the molecule is COCCOCCCNc1cccc(Br)c1. The molecule has 4 heteroatoms. The van der Waals surface area contributed by atoms with Gasteiger partial charge in [-0.15, -0.1) is 0 Å². The lowest BCUT2D eigenvalue weighted by Crippen LogP contribution is -2.08. The van der Waals surface area contributed by atoms with Crippen LogP contribution >= 0.6 is 15.9 Å². The maximum Gasteiger partial charge on any atom is 0.0700 e. The van der Waals surface area contributed by atoms with Crippen molar-refractivity contribution in [2.24, 2.45) is 0 Å². The summed E-state index contributed by atoms with van der Waals surface area (Å²) in [5.41, 5.74) is 1.13. The van der Waals surface area contributed by atoms with Crippen molar-refractivity contribution >= 4 is 21.6 Å². The minimum Gasteiger partial charge on any atom is -0.385 e. The van der Waals surface area contributed by atoms with Gasteiger partial charge in [0.15, 0.2) is 0 Å². The molecule has 0 unspecified atom stereocenters. The predicted octanol–water partition coefficient (Wildman–Crippen LogP) is 2.91. The summed E-state index contributed by atoms with van der Waals surface area (Å²) in [6, 6.07) is 8.14. The summed E-state index contributed by atoms with van der Waals surface area (Å²) in [6.07, 6.45) is 0.996. The zero-order valence-corrected chi connectivity index (χ0v) is 11.1. The van der Waals surface area contributed by atoms with Crippen LogP contribution in [0.2, 0.25) is 0 Å². The molecule has 3 nitrogen and oxygen atoms in total. The number of nitrogens with one attached hydrogen (secondary N) is 1. The number of ether oxygens (including phenoxy) is 2. The lowest BCUT2D eigenvalue weighted by atomic mass is 10.3. The molecule has 1 aromatic rings. The number of anilines is 1. The van der Waals surface area contributed by atoms with Crippen LogP contribution in [0.15, 0.2) is 28.7 Å². The molecule has 0 aliphatic rings. The Bertz CT molecular complexity index is 294. The molecule has 0 aliphatic heterocycles. The third-order valence-electron chi connectivity index (χ3n) is 2.05. The Labute approximate surface area is 105 Å². The summed E-state index contributed by atoms with van der Waals surface area (Å²) in [6.45, 7) is 3.03. The van der Waals surface area contributed by atoms with E-state index in [4.69, 9.17) is 9.47 Å². The summed E-state index contributed by atoms with van der Waals surface area (Å²) < 4.78 is 11.3. The van der Waals surface area contributed by atoms with Gasteiger partial charge < -0.3 is 14.8 Å². The first-order valence-electron chi connectivity index (χ1n) is 5.39. The van der Waals surface area contributed by atoms with Crippen molar-refractivity contribution in [3.05, 3.63) is 28.7 Å². The zero-order chi connectivity index (χ0) is 11.6. The van der Waals surface area contributed by atoms with Gasteiger partial charge in [0, 0.05) is 30.4 Å². The van der Waals surface area contributed by atoms with E-state index in [1.54, 1.807) is 7.11 Å². The molecule has 0 saturated heterocycles. The van der Waals surface area contributed by atoms with Crippen molar-refractivity contribution in [1.82, 2.24) is 0 Å². The van der Waals surface area contributed by atoms with E-state index in [0.29, 0.717) is 13.2 Å². The Balaban J connectivity index is 2.03. The van der Waals surface area contributed by atoms with Crippen molar-refractivity contribution in [2.75, 3.05) is 38.8 Å². The van der Waals surface area contributed by atoms with E-state index in [1.165, 1.54) is 0 Å². The Morgan fingerprint density at radius 1 is 1.25 bits per heavy atom. The fraction of sp³-hybridized carbons (Fsp3) is 0.500. The third kappa shape index (κ3) is 6.10. The second-order valence-electron chi connectivity index (χ2n) is 3.40. The smallest absolute Gasteiger partial charge is 0.0700 e. The predicted molar refractivity (Wildman–Crippen MR) is 69.9 cm³/mol. The van der Waals surface area contributed by atoms with Crippen molar-refractivity contribution in [2.45, 2.75) is 6.42 Å². The van der Waals surface area contributed by atoms with Crippen LogP contribution in [-0.4, -0.2) is 33.5 Å². The molecule has 1 rings (SSSR count). The van der Waals surface area contributed by atoms with Crippen LogP contribution in [0.5, 0.6) is 0 Å². The lowest BCUT2D eigenvalue weighted by molar-refractivity contribution is 0.0705. The molecule has 0 radical (unpaired) electrons. The highest BCUT2D eigenvalue weighted by Gasteiger charge is 1.93. The van der Waals surface area contributed by atoms with E-state index in [1.807, 2.05) is 12.1 Å². The van der Waals surface area contributed by atoms with Crippen LogP contribution in [-0.2, 0) is 9.47 Å². The molecular weight excluding hydrogens is 270 g/mol. The Hall–Kier alpha value is -0.580. The van der Waals surface area contributed by atoms with E-state index < -0.39 is 0 Å². The molecule has 90 valence electrons. The summed E-state index contributed by atoms with van der Waals surface area (Å²) >= 11 is 3.43. The average molecular weight is 288 g/mol. The largest absolute Gasteiger partial charge is 0.385 e. The molecule has 0 spiro atoms. The van der Waals surface area contributed by atoms with Gasteiger partial charge in [-0.25, -0.2) is 0 Å². The molecule has 0 aromatic heterocycles. The molecule has 16 heavy (non-hydrogen) atoms. The molecule has 0 bridgehead atoms. The quantitative estimate of drug-likeness (QED) is 0.746. The van der Waals surface area contributed by atoms with Gasteiger partial charge in [0.05, 0.1) is 13.2 Å². The summed E-state index contributed by atoms with van der Waals surface area (Å²) in [7, 11) is 1.68. The second-order valence-corrected chi connectivity index (χ2v) is 4.31. The van der Waals surface area contributed by atoms with E-state index in [-0.39, 0.29) is 0 Å². The minimum absolute atomic E-state index is 0.666. The number of methoxy groups -OCH3 is 1. The Morgan fingerprint density at radius 3 is 2.88 bits per heavy atom. The summed E-state index contributed by atoms with van der Waals surface area (Å²) in [4.78, 5) is 0. The van der Waals surface area contributed by atoms with Gasteiger partial charge in [-0.1, -0.05) is 22.0 Å². The number of rotatable bonds is 8. The first kappa shape index (κ1) is 13.5. The van der Waals surface area contributed by atoms with Crippen molar-refractivity contribution in [3.63, 3.8) is 0 Å². The van der Waals surface area contributed by atoms with E-state index in [0.717, 1.165) is 29.7 Å². The minimum atomic E-state index is 0.666. The van der Waals surface area contributed by atoms with Crippen molar-refractivity contribution < 1.29 is 9.47 Å². The van der Waals surface area contributed by atoms with Crippen molar-refractivity contribution in [3.8, 4) is 0 Å². The first-order chi connectivity index (χ1) is 7.83. The standard InChI is InChI=1S/C12H18BrNO2/c1-15-8-9-16-7-3-6-14-12-5-2-4-11(13)10-12/h2,4-5,10,14H,3,6-9H2,1H3. The second kappa shape index (κ2) is 8.56. The maximum absolute atomic E-state index is 5.36. The summed E-state index contributed by atoms with van der Waals surface area (Å²) in [5, 5.41) is 3.34. The van der Waals surface area contributed by atoms with Gasteiger partial charge in [0.25, 0.3) is 0 Å². The van der Waals surface area contributed by atoms with Crippen LogP contribution < -0.4 is 5.32 Å². The van der Waals surface area contributed by atoms with Crippen LogP contribution in [0.25, 0.3) is 0 Å². The highest BCUT2D eigenvalue weighted by molar-refractivity contribution is 9.10. The number of benzene rings is 1. The molecule has 1 aromatic carbocycles. The molecule has 0 fully saturated rings. The molecule has 0 atom stereocenters. The normalized spacial score (nSPS) is 10.4. The number of hydrogen-bond acceptors (Lipinski definition) is 3. The molecule has 0 aliphatic carbocycles. The van der Waals surface area contributed by atoms with Crippen LogP contribution in [0.1, 0.15) is 6.42 Å². The van der Waals surface area contributed by atoms with Gasteiger partial charge in [-0.3, -0.25) is 0 Å². The summed E-state index contributed by atoms with van der Waals surface area (Å²) in [5.74, 6) is 0. The third-order valence-corrected chi connectivity index (χ3v) is 2.54. The van der Waals surface area contributed by atoms with Gasteiger partial charge in [-0.05, 0) is 24.6 Å². The number of hydrogen-bond donors (Lipinski definition) is 1. The topological polar surface area (TPSA) is 30.5 Å². The van der Waals surface area contributed by atoms with Crippen LogP contribution in [0, 0.1) is 0 Å². The molecule has 0 saturated carbocycles. The fourth-order valence-electron chi connectivity index (χ4n) is 1.25. The van der Waals surface area contributed by atoms with Crippen LogP contribution in [0.4, 0.5) is 5.69 Å². The molecule has 1 N–H and O–H groups in total.